The quantitative estimate of drug-likeness (QED) is 0.539. The molecule has 0 aliphatic heterocycles. The van der Waals surface area contributed by atoms with Crippen LogP contribution < -0.4 is 10.6 Å². The summed E-state index contributed by atoms with van der Waals surface area (Å²) in [5.41, 5.74) is 0. The molecule has 2 rings (SSSR count). The highest BCUT2D eigenvalue weighted by Crippen LogP contribution is 2.26. The Balaban J connectivity index is 1.77. The first kappa shape index (κ1) is 12.7. The number of hydrogen-bond acceptors (Lipinski definition) is 2. The van der Waals surface area contributed by atoms with Gasteiger partial charge in [0, 0.05) is 24.7 Å². The minimum atomic E-state index is 0.539. The third-order valence-corrected chi connectivity index (χ3v) is 3.59. The zero-order chi connectivity index (χ0) is 12.3. The van der Waals surface area contributed by atoms with Gasteiger partial charge in [-0.1, -0.05) is 0 Å². The van der Waals surface area contributed by atoms with E-state index in [1.54, 1.807) is 0 Å². The van der Waals surface area contributed by atoms with Gasteiger partial charge in [-0.15, -0.1) is 0 Å². The molecule has 1 unspecified atom stereocenters. The second-order valence-corrected chi connectivity index (χ2v) is 5.38. The Morgan fingerprint density at radius 1 is 1.35 bits per heavy atom. The Kier molecular flexibility index (Phi) is 4.26. The molecule has 1 atom stereocenters. The summed E-state index contributed by atoms with van der Waals surface area (Å²) >= 11 is 0. The van der Waals surface area contributed by atoms with Gasteiger partial charge in [-0.05, 0) is 46.6 Å². The van der Waals surface area contributed by atoms with E-state index in [-0.39, 0.29) is 0 Å². The van der Waals surface area contributed by atoms with E-state index >= 15 is 0 Å². The average molecular weight is 238 g/mol. The first-order valence-electron chi connectivity index (χ1n) is 6.97. The van der Waals surface area contributed by atoms with Crippen molar-refractivity contribution in [1.29, 1.82) is 0 Å². The summed E-state index contributed by atoms with van der Waals surface area (Å²) in [6, 6.07) is 2.03. The Morgan fingerprint density at radius 3 is 2.59 bits per heavy atom. The fourth-order valence-corrected chi connectivity index (χ4v) is 1.93. The highest BCUT2D eigenvalue weighted by Gasteiger charge is 2.29. The molecule has 2 N–H and O–H groups in total. The van der Waals surface area contributed by atoms with Gasteiger partial charge in [0.05, 0.1) is 6.54 Å². The summed E-state index contributed by atoms with van der Waals surface area (Å²) in [6.07, 6.45) is 5.32. The van der Waals surface area contributed by atoms with Crippen LogP contribution in [0.25, 0.3) is 0 Å². The summed E-state index contributed by atoms with van der Waals surface area (Å²) in [7, 11) is 2.22. The van der Waals surface area contributed by atoms with E-state index in [4.69, 9.17) is 0 Å². The first-order valence-corrected chi connectivity index (χ1v) is 6.97. The summed E-state index contributed by atoms with van der Waals surface area (Å²) in [4.78, 5) is 7.14. The molecule has 2 saturated carbocycles. The van der Waals surface area contributed by atoms with E-state index in [1.165, 1.54) is 25.7 Å². The molecule has 2 fully saturated rings. The van der Waals surface area contributed by atoms with Gasteiger partial charge in [0.1, 0.15) is 0 Å². The lowest BCUT2D eigenvalue weighted by Crippen LogP contribution is -2.40. The molecule has 2 aliphatic rings. The summed E-state index contributed by atoms with van der Waals surface area (Å²) in [5.74, 6) is 0.992. The largest absolute Gasteiger partial charge is 0.357 e. The van der Waals surface area contributed by atoms with Crippen molar-refractivity contribution in [1.82, 2.24) is 15.5 Å². The van der Waals surface area contributed by atoms with Gasteiger partial charge in [-0.3, -0.25) is 9.89 Å². The lowest BCUT2D eigenvalue weighted by molar-refractivity contribution is 0.253. The van der Waals surface area contributed by atoms with E-state index in [9.17, 15) is 0 Å². The van der Waals surface area contributed by atoms with Gasteiger partial charge in [-0.2, -0.15) is 0 Å². The number of nitrogens with one attached hydrogen (secondary N) is 2. The Bertz CT molecular complexity index is 269. The monoisotopic (exact) mass is 238 g/mol. The second kappa shape index (κ2) is 5.71. The SMILES string of the molecule is CCNC(=NCC(C)N(C)C1CC1)NC1CC1. The van der Waals surface area contributed by atoms with Crippen molar-refractivity contribution in [2.75, 3.05) is 20.1 Å². The topological polar surface area (TPSA) is 39.7 Å². The van der Waals surface area contributed by atoms with Crippen molar-refractivity contribution in [3.8, 4) is 0 Å². The Morgan fingerprint density at radius 2 is 2.06 bits per heavy atom. The van der Waals surface area contributed by atoms with Gasteiger partial charge >= 0.3 is 0 Å². The third-order valence-electron chi connectivity index (χ3n) is 3.59. The van der Waals surface area contributed by atoms with Crippen molar-refractivity contribution in [3.05, 3.63) is 0 Å². The van der Waals surface area contributed by atoms with Crippen LogP contribution in [0, 0.1) is 0 Å². The molecule has 2 aliphatic carbocycles. The van der Waals surface area contributed by atoms with Crippen LogP contribution in [0.4, 0.5) is 0 Å². The lowest BCUT2D eigenvalue weighted by atomic mass is 10.3. The number of nitrogens with zero attached hydrogens (tertiary/aromatic N) is 2. The molecule has 0 heterocycles. The number of hydrogen-bond donors (Lipinski definition) is 2. The Hall–Kier alpha value is -0.770. The molecule has 0 aromatic rings. The zero-order valence-corrected chi connectivity index (χ0v) is 11.4. The molecule has 0 amide bonds. The zero-order valence-electron chi connectivity index (χ0n) is 11.4. The molecule has 0 radical (unpaired) electrons. The fourth-order valence-electron chi connectivity index (χ4n) is 1.93. The molecule has 0 aromatic heterocycles. The van der Waals surface area contributed by atoms with Crippen LogP contribution in [-0.4, -0.2) is 49.1 Å². The maximum absolute atomic E-state index is 4.68. The van der Waals surface area contributed by atoms with Crippen molar-refractivity contribution in [3.63, 3.8) is 0 Å². The van der Waals surface area contributed by atoms with Crippen molar-refractivity contribution in [2.45, 2.75) is 57.7 Å². The molecule has 0 saturated heterocycles. The molecular formula is C13H26N4. The lowest BCUT2D eigenvalue weighted by Gasteiger charge is -2.23. The Labute approximate surface area is 105 Å². The maximum Gasteiger partial charge on any atom is 0.191 e. The first-order chi connectivity index (χ1) is 8.20. The van der Waals surface area contributed by atoms with E-state index in [0.717, 1.165) is 25.1 Å². The van der Waals surface area contributed by atoms with Crippen molar-refractivity contribution >= 4 is 5.96 Å². The molecule has 98 valence electrons. The van der Waals surface area contributed by atoms with E-state index in [2.05, 4.69) is 41.4 Å². The number of aliphatic imine (C=N–C) groups is 1. The van der Waals surface area contributed by atoms with E-state index in [1.807, 2.05) is 0 Å². The van der Waals surface area contributed by atoms with Gasteiger partial charge < -0.3 is 10.6 Å². The predicted molar refractivity (Wildman–Crippen MR) is 72.4 cm³/mol. The summed E-state index contributed by atoms with van der Waals surface area (Å²) < 4.78 is 0. The van der Waals surface area contributed by atoms with Crippen LogP contribution in [0.5, 0.6) is 0 Å². The van der Waals surface area contributed by atoms with Crippen LogP contribution >= 0.6 is 0 Å². The molecule has 4 heteroatoms. The van der Waals surface area contributed by atoms with E-state index < -0.39 is 0 Å². The van der Waals surface area contributed by atoms with E-state index in [0.29, 0.717) is 12.1 Å². The third kappa shape index (κ3) is 4.19. The molecule has 17 heavy (non-hydrogen) atoms. The number of guanidine groups is 1. The number of rotatable bonds is 6. The van der Waals surface area contributed by atoms with Crippen LogP contribution in [0.15, 0.2) is 4.99 Å². The maximum atomic E-state index is 4.68. The van der Waals surface area contributed by atoms with Gasteiger partial charge in [0.15, 0.2) is 5.96 Å². The van der Waals surface area contributed by atoms with Crippen LogP contribution in [0.3, 0.4) is 0 Å². The molecule has 0 aromatic carbocycles. The fraction of sp³-hybridized carbons (Fsp3) is 0.923. The van der Waals surface area contributed by atoms with Gasteiger partial charge in [-0.25, -0.2) is 0 Å². The normalized spacial score (nSPS) is 22.7. The van der Waals surface area contributed by atoms with Gasteiger partial charge in [0.25, 0.3) is 0 Å². The predicted octanol–water partition coefficient (Wildman–Crippen LogP) is 1.19. The van der Waals surface area contributed by atoms with Crippen molar-refractivity contribution in [2.24, 2.45) is 4.99 Å². The summed E-state index contributed by atoms with van der Waals surface area (Å²) in [5, 5.41) is 6.76. The molecule has 0 spiro atoms. The van der Waals surface area contributed by atoms with Crippen LogP contribution in [0.1, 0.15) is 39.5 Å². The minimum Gasteiger partial charge on any atom is -0.357 e. The minimum absolute atomic E-state index is 0.539. The number of likely N-dealkylation sites (N-methyl/N-ethyl adjacent to an activating group) is 1. The molecule has 4 nitrogen and oxygen atoms in total. The van der Waals surface area contributed by atoms with Crippen molar-refractivity contribution < 1.29 is 0 Å². The average Bonchev–Trinajstić information content (AvgIpc) is 3.15. The molecule has 0 bridgehead atoms. The smallest absolute Gasteiger partial charge is 0.191 e. The van der Waals surface area contributed by atoms with Crippen LogP contribution in [-0.2, 0) is 0 Å². The second-order valence-electron chi connectivity index (χ2n) is 5.38. The summed E-state index contributed by atoms with van der Waals surface area (Å²) in [6.45, 7) is 6.20. The highest BCUT2D eigenvalue weighted by atomic mass is 15.2. The van der Waals surface area contributed by atoms with Gasteiger partial charge in [0.2, 0.25) is 0 Å². The van der Waals surface area contributed by atoms with Crippen LogP contribution in [0.2, 0.25) is 0 Å². The highest BCUT2D eigenvalue weighted by molar-refractivity contribution is 5.80. The molecular weight excluding hydrogens is 212 g/mol. The standard InChI is InChI=1S/C13H26N4/c1-4-14-13(16-11-5-6-11)15-9-10(2)17(3)12-7-8-12/h10-12H,4-9H2,1-3H3,(H2,14,15,16).